The number of amides is 1. The van der Waals surface area contributed by atoms with Gasteiger partial charge in [-0.1, -0.05) is 78.0 Å². The summed E-state index contributed by atoms with van der Waals surface area (Å²) in [5, 5.41) is 5.70. The van der Waals surface area contributed by atoms with Crippen molar-refractivity contribution >= 4 is 46.0 Å². The molecule has 4 rings (SSSR count). The zero-order valence-electron chi connectivity index (χ0n) is 17.0. The quantitative estimate of drug-likeness (QED) is 0.235. The average Bonchev–Trinajstić information content (AvgIpc) is 3.15. The third-order valence-electron chi connectivity index (χ3n) is 4.75. The summed E-state index contributed by atoms with van der Waals surface area (Å²) >= 11 is 7.41. The van der Waals surface area contributed by atoms with E-state index in [1.54, 1.807) is 0 Å². The zero-order chi connectivity index (χ0) is 21.6. The van der Waals surface area contributed by atoms with Crippen molar-refractivity contribution in [2.75, 3.05) is 5.75 Å². The van der Waals surface area contributed by atoms with E-state index in [4.69, 9.17) is 16.6 Å². The molecule has 0 atom stereocenters. The van der Waals surface area contributed by atoms with E-state index in [0.29, 0.717) is 11.6 Å². The van der Waals surface area contributed by atoms with Crippen LogP contribution in [0.15, 0.2) is 89.1 Å². The van der Waals surface area contributed by atoms with E-state index in [1.165, 1.54) is 11.8 Å². The van der Waals surface area contributed by atoms with Gasteiger partial charge in [-0.25, -0.2) is 10.4 Å². The standard InChI is InChI=1S/C24H21ClN4OS/c1-17(19-7-3-2-4-8-19)27-28-23(30)16-31-24-26-21-9-5-6-10-22(21)29(24)15-18-11-13-20(25)14-12-18/h2-14H,15-16H2,1H3,(H,28,30). The van der Waals surface area contributed by atoms with Crippen LogP contribution in [0.25, 0.3) is 11.0 Å². The molecule has 0 unspecified atom stereocenters. The highest BCUT2D eigenvalue weighted by atomic mass is 35.5. The van der Waals surface area contributed by atoms with Gasteiger partial charge in [-0.2, -0.15) is 5.10 Å². The number of hydrogen-bond donors (Lipinski definition) is 1. The number of nitrogens with one attached hydrogen (secondary N) is 1. The molecule has 0 saturated carbocycles. The van der Waals surface area contributed by atoms with Crippen LogP contribution >= 0.6 is 23.4 Å². The van der Waals surface area contributed by atoms with Gasteiger partial charge in [-0.3, -0.25) is 4.79 Å². The van der Waals surface area contributed by atoms with Crippen LogP contribution in [-0.2, 0) is 11.3 Å². The van der Waals surface area contributed by atoms with Gasteiger partial charge in [0.2, 0.25) is 0 Å². The largest absolute Gasteiger partial charge is 0.314 e. The highest BCUT2D eigenvalue weighted by Gasteiger charge is 2.13. The van der Waals surface area contributed by atoms with Gasteiger partial charge in [0.25, 0.3) is 5.91 Å². The van der Waals surface area contributed by atoms with Crippen LogP contribution in [-0.4, -0.2) is 26.9 Å². The molecule has 31 heavy (non-hydrogen) atoms. The Morgan fingerprint density at radius 2 is 1.74 bits per heavy atom. The van der Waals surface area contributed by atoms with Crippen molar-refractivity contribution in [1.29, 1.82) is 0 Å². The van der Waals surface area contributed by atoms with E-state index in [2.05, 4.69) is 15.1 Å². The van der Waals surface area contributed by atoms with Gasteiger partial charge < -0.3 is 4.57 Å². The molecule has 5 nitrogen and oxygen atoms in total. The van der Waals surface area contributed by atoms with E-state index in [0.717, 1.165) is 33.0 Å². The monoisotopic (exact) mass is 448 g/mol. The minimum absolute atomic E-state index is 0.176. The molecule has 0 spiro atoms. The number of rotatable bonds is 7. The molecule has 1 heterocycles. The maximum atomic E-state index is 12.4. The second kappa shape index (κ2) is 9.81. The average molecular weight is 449 g/mol. The molecule has 4 aromatic rings. The van der Waals surface area contributed by atoms with Gasteiger partial charge in [0.15, 0.2) is 5.16 Å². The summed E-state index contributed by atoms with van der Waals surface area (Å²) in [5.74, 6) is 0.0422. The molecule has 1 N–H and O–H groups in total. The molecule has 1 aromatic heterocycles. The molecule has 156 valence electrons. The second-order valence-electron chi connectivity index (χ2n) is 6.98. The van der Waals surface area contributed by atoms with E-state index >= 15 is 0 Å². The molecule has 0 radical (unpaired) electrons. The van der Waals surface area contributed by atoms with Crippen LogP contribution in [0.3, 0.4) is 0 Å². The van der Waals surface area contributed by atoms with Gasteiger partial charge in [0.05, 0.1) is 29.0 Å². The number of carbonyl (C=O) groups excluding carboxylic acids is 1. The lowest BCUT2D eigenvalue weighted by atomic mass is 10.1. The predicted octanol–water partition coefficient (Wildman–Crippen LogP) is 5.37. The van der Waals surface area contributed by atoms with E-state index in [9.17, 15) is 4.79 Å². The first-order chi connectivity index (χ1) is 15.1. The first kappa shape index (κ1) is 21.2. The van der Waals surface area contributed by atoms with Crippen molar-refractivity contribution in [1.82, 2.24) is 15.0 Å². The summed E-state index contributed by atoms with van der Waals surface area (Å²) < 4.78 is 2.12. The fourth-order valence-electron chi connectivity index (χ4n) is 3.14. The molecule has 0 aliphatic heterocycles. The third kappa shape index (κ3) is 5.34. The van der Waals surface area contributed by atoms with Crippen molar-refractivity contribution < 1.29 is 4.79 Å². The Bertz CT molecular complexity index is 1220. The van der Waals surface area contributed by atoms with Crippen LogP contribution in [0.2, 0.25) is 5.02 Å². The molecule has 0 aliphatic rings. The molecule has 3 aromatic carbocycles. The minimum Gasteiger partial charge on any atom is -0.314 e. The number of hydrazone groups is 1. The van der Waals surface area contributed by atoms with Crippen LogP contribution < -0.4 is 5.43 Å². The molecule has 0 saturated heterocycles. The van der Waals surface area contributed by atoms with Crippen LogP contribution in [0, 0.1) is 0 Å². The van der Waals surface area contributed by atoms with E-state index in [-0.39, 0.29) is 11.7 Å². The first-order valence-electron chi connectivity index (χ1n) is 9.81. The van der Waals surface area contributed by atoms with Crippen molar-refractivity contribution in [3.8, 4) is 0 Å². The molecule has 0 fully saturated rings. The van der Waals surface area contributed by atoms with Crippen LogP contribution in [0.5, 0.6) is 0 Å². The number of nitrogens with zero attached hydrogens (tertiary/aromatic N) is 3. The number of carbonyl (C=O) groups is 1. The smallest absolute Gasteiger partial charge is 0.250 e. The Balaban J connectivity index is 1.47. The molecular weight excluding hydrogens is 428 g/mol. The second-order valence-corrected chi connectivity index (χ2v) is 8.36. The number of hydrogen-bond acceptors (Lipinski definition) is 4. The van der Waals surface area contributed by atoms with Gasteiger partial charge in [0, 0.05) is 5.02 Å². The van der Waals surface area contributed by atoms with Gasteiger partial charge in [-0.05, 0) is 42.3 Å². The van der Waals surface area contributed by atoms with Gasteiger partial charge in [0.1, 0.15) is 0 Å². The summed E-state index contributed by atoms with van der Waals surface area (Å²) in [4.78, 5) is 17.1. The van der Waals surface area contributed by atoms with Crippen molar-refractivity contribution in [2.45, 2.75) is 18.6 Å². The maximum absolute atomic E-state index is 12.4. The van der Waals surface area contributed by atoms with Crippen LogP contribution in [0.1, 0.15) is 18.1 Å². The molecular formula is C24H21ClN4OS. The summed E-state index contributed by atoms with van der Waals surface area (Å²) in [6.45, 7) is 2.52. The lowest BCUT2D eigenvalue weighted by molar-refractivity contribution is -0.118. The van der Waals surface area contributed by atoms with Crippen LogP contribution in [0.4, 0.5) is 0 Å². The third-order valence-corrected chi connectivity index (χ3v) is 5.97. The van der Waals surface area contributed by atoms with E-state index in [1.807, 2.05) is 85.8 Å². The number of halogens is 1. The summed E-state index contributed by atoms with van der Waals surface area (Å²) in [7, 11) is 0. The number of fused-ring (bicyclic) bond motifs is 1. The fraction of sp³-hybridized carbons (Fsp3) is 0.125. The normalized spacial score (nSPS) is 11.6. The van der Waals surface area contributed by atoms with Gasteiger partial charge in [-0.15, -0.1) is 0 Å². The lowest BCUT2D eigenvalue weighted by Gasteiger charge is -2.09. The predicted molar refractivity (Wildman–Crippen MR) is 128 cm³/mol. The summed E-state index contributed by atoms with van der Waals surface area (Å²) in [5.41, 5.74) is 7.41. The highest BCUT2D eigenvalue weighted by Crippen LogP contribution is 2.25. The van der Waals surface area contributed by atoms with Crippen molar-refractivity contribution in [2.24, 2.45) is 5.10 Å². The van der Waals surface area contributed by atoms with Crippen molar-refractivity contribution in [3.63, 3.8) is 0 Å². The fourth-order valence-corrected chi connectivity index (χ4v) is 4.07. The summed E-state index contributed by atoms with van der Waals surface area (Å²) in [6.07, 6.45) is 0. The molecule has 7 heteroatoms. The molecule has 0 bridgehead atoms. The summed E-state index contributed by atoms with van der Waals surface area (Å²) in [6, 6.07) is 25.5. The zero-order valence-corrected chi connectivity index (χ0v) is 18.5. The number of aromatic nitrogens is 2. The topological polar surface area (TPSA) is 59.3 Å². The molecule has 0 aliphatic carbocycles. The Hall–Kier alpha value is -3.09. The Morgan fingerprint density at radius 3 is 2.52 bits per heavy atom. The lowest BCUT2D eigenvalue weighted by Crippen LogP contribution is -2.21. The number of thioether (sulfide) groups is 1. The highest BCUT2D eigenvalue weighted by molar-refractivity contribution is 7.99. The Labute approximate surface area is 190 Å². The van der Waals surface area contributed by atoms with Crippen molar-refractivity contribution in [3.05, 3.63) is 95.0 Å². The Morgan fingerprint density at radius 1 is 1.03 bits per heavy atom. The van der Waals surface area contributed by atoms with Gasteiger partial charge >= 0.3 is 0 Å². The molecule has 1 amide bonds. The number of benzene rings is 3. The minimum atomic E-state index is -0.176. The first-order valence-corrected chi connectivity index (χ1v) is 11.2. The number of imidazole rings is 1. The Kier molecular flexibility index (Phi) is 6.70. The van der Waals surface area contributed by atoms with E-state index < -0.39 is 0 Å². The SMILES string of the molecule is CC(=NNC(=O)CSc1nc2ccccc2n1Cc1ccc(Cl)cc1)c1ccccc1. The number of para-hydroxylation sites is 2. The maximum Gasteiger partial charge on any atom is 0.250 e.